The van der Waals surface area contributed by atoms with E-state index in [4.69, 9.17) is 37.9 Å². The third kappa shape index (κ3) is 8.92. The summed E-state index contributed by atoms with van der Waals surface area (Å²) in [5.74, 6) is 0.353. The molecular formula is C38H47N3O15P2. The van der Waals surface area contributed by atoms with Crippen molar-refractivity contribution < 1.29 is 71.5 Å². The maximum absolute atomic E-state index is 13.5. The molecule has 3 aromatic rings. The van der Waals surface area contributed by atoms with Crippen molar-refractivity contribution in [1.82, 2.24) is 10.3 Å². The summed E-state index contributed by atoms with van der Waals surface area (Å²) in [5.41, 5.74) is 4.99. The monoisotopic (exact) mass is 847 g/mol. The highest BCUT2D eigenvalue weighted by atomic mass is 31.2. The molecule has 0 radical (unpaired) electrons. The van der Waals surface area contributed by atoms with Crippen LogP contribution in [0.4, 0.5) is 4.79 Å². The van der Waals surface area contributed by atoms with Gasteiger partial charge in [0.05, 0.1) is 46.7 Å². The largest absolute Gasteiger partial charge is 0.494 e. The average molecular weight is 848 g/mol. The normalized spacial score (nSPS) is 21.9. The number of aliphatic hydroxyl groups is 1. The second kappa shape index (κ2) is 18.0. The van der Waals surface area contributed by atoms with Crippen LogP contribution >= 0.6 is 15.4 Å². The smallest absolute Gasteiger partial charge is 0.428 e. The number of nitrogens with zero attached hydrogens (tertiary/aromatic N) is 2. The summed E-state index contributed by atoms with van der Waals surface area (Å²) in [6.45, 7) is 1.79. The van der Waals surface area contributed by atoms with Crippen molar-refractivity contribution >= 4 is 33.7 Å². The molecule has 1 fully saturated rings. The summed E-state index contributed by atoms with van der Waals surface area (Å²) in [5, 5.41) is 11.9. The van der Waals surface area contributed by atoms with Crippen LogP contribution in [0, 0.1) is 11.8 Å². The van der Waals surface area contributed by atoms with Gasteiger partial charge in [0.2, 0.25) is 33.0 Å². The Balaban J connectivity index is 1.11. The topological polar surface area (TPSA) is 230 Å². The van der Waals surface area contributed by atoms with Gasteiger partial charge in [-0.15, -0.1) is 0 Å². The Morgan fingerprint density at radius 1 is 1.05 bits per heavy atom. The number of carbonyl (C=O) groups excluding carboxylic acids is 2. The summed E-state index contributed by atoms with van der Waals surface area (Å²) < 4.78 is 69.2. The van der Waals surface area contributed by atoms with Gasteiger partial charge >= 0.3 is 12.1 Å². The predicted octanol–water partition coefficient (Wildman–Crippen LogP) is 4.28. The van der Waals surface area contributed by atoms with Crippen LogP contribution < -0.4 is 33.8 Å². The molecule has 4 N–H and O–H groups in total. The molecule has 314 valence electrons. The highest BCUT2D eigenvalue weighted by Crippen LogP contribution is 2.62. The van der Waals surface area contributed by atoms with Crippen molar-refractivity contribution in [3.8, 4) is 34.5 Å². The van der Waals surface area contributed by atoms with Gasteiger partial charge in [-0.2, -0.15) is 5.10 Å². The van der Waals surface area contributed by atoms with Gasteiger partial charge < -0.3 is 57.7 Å². The molecule has 1 saturated heterocycles. The van der Waals surface area contributed by atoms with E-state index in [0.29, 0.717) is 76.3 Å². The van der Waals surface area contributed by atoms with Crippen molar-refractivity contribution in [3.63, 3.8) is 0 Å². The van der Waals surface area contributed by atoms with E-state index < -0.39 is 56.4 Å². The zero-order chi connectivity index (χ0) is 41.8. The predicted molar refractivity (Wildman–Crippen MR) is 209 cm³/mol. The van der Waals surface area contributed by atoms with Gasteiger partial charge in [-0.25, -0.2) is 10.2 Å². The number of hydrogen-bond donors (Lipinski definition) is 4. The average Bonchev–Trinajstić information content (AvgIpc) is 3.82. The van der Waals surface area contributed by atoms with Gasteiger partial charge in [-0.1, -0.05) is 12.1 Å². The maximum Gasteiger partial charge on any atom is 0.428 e. The molecule has 58 heavy (non-hydrogen) atoms. The Bertz CT molecular complexity index is 2090. The summed E-state index contributed by atoms with van der Waals surface area (Å²) in [7, 11) is -1.66. The molecule has 0 aromatic heterocycles. The fourth-order valence-electron chi connectivity index (χ4n) is 7.40. The van der Waals surface area contributed by atoms with Crippen LogP contribution in [0.5, 0.6) is 34.5 Å². The first-order valence-electron chi connectivity index (χ1n) is 18.3. The lowest BCUT2D eigenvalue weighted by Gasteiger charge is -2.38. The Morgan fingerprint density at radius 3 is 2.38 bits per heavy atom. The van der Waals surface area contributed by atoms with Crippen LogP contribution in [0.25, 0.3) is 0 Å². The summed E-state index contributed by atoms with van der Waals surface area (Å²) >= 11 is 0. The zero-order valence-electron chi connectivity index (χ0n) is 32.5. The molecule has 0 saturated carbocycles. The van der Waals surface area contributed by atoms with E-state index in [1.807, 2.05) is 0 Å². The van der Waals surface area contributed by atoms with E-state index in [9.17, 15) is 33.6 Å². The minimum Gasteiger partial charge on any atom is -0.494 e. The van der Waals surface area contributed by atoms with Crippen LogP contribution in [0.2, 0.25) is 0 Å². The lowest BCUT2D eigenvalue weighted by molar-refractivity contribution is -0.141. The Morgan fingerprint density at radius 2 is 1.74 bits per heavy atom. The zero-order valence-corrected chi connectivity index (χ0v) is 34.4. The highest BCUT2D eigenvalue weighted by molar-refractivity contribution is 7.70. The molecular weight excluding hydrogens is 800 g/mol. The van der Waals surface area contributed by atoms with Gasteiger partial charge in [0.15, 0.2) is 23.0 Å². The SMILES string of the molecule is COc1cc([C@@H]2c3cc4c(cc3[C@H](OC(=O)N/N=C/c3cccc(OCCCN(C)CCC(O)([PH](=O)O)P(C)(=O)O)c3)C3COC(=O)[C@@H]32)OCO4)cc(OC)c1OC. The fraction of sp³-hybridized carbons (Fsp3) is 0.447. The van der Waals surface area contributed by atoms with Gasteiger partial charge in [0.25, 0.3) is 0 Å². The standard InChI is InChI=1S/C38H47N3O15P2/c1-41(12-10-38(44,57(45)46)58(5,47)48)11-7-13-52-24-9-6-8-22(14-24)19-39-40-37(43)56-34-26-18-29-28(54-21-55-29)17-25(26)32(33-27(34)20-53-36(33)42)23-15-30(49-2)35(51-4)31(16-23)50-3/h6,8-9,14-19,27,32-34,44,57H,7,10-13,20-21H2,1-5H3,(H,40,43)(H,45,46)(H,47,48)/b39-19+/t27?,32-,33+,34+,38?/m1/s1. The molecule has 0 bridgehead atoms. The van der Waals surface area contributed by atoms with E-state index >= 15 is 0 Å². The summed E-state index contributed by atoms with van der Waals surface area (Å²) in [6, 6.07) is 14.1. The number of benzene rings is 3. The first-order valence-corrected chi connectivity index (χ1v) is 21.7. The molecule has 4 unspecified atom stereocenters. The molecule has 3 aliphatic rings. The number of cyclic esters (lactones) is 1. The van der Waals surface area contributed by atoms with Crippen LogP contribution in [0.1, 0.15) is 47.1 Å². The summed E-state index contributed by atoms with van der Waals surface area (Å²) in [4.78, 5) is 47.8. The lowest BCUT2D eigenvalue weighted by atomic mass is 9.66. The Hall–Kier alpha value is -4.83. The number of nitrogens with one attached hydrogen (secondary N) is 1. The molecule has 3 aromatic carbocycles. The van der Waals surface area contributed by atoms with Crippen LogP contribution in [0.3, 0.4) is 0 Å². The molecule has 2 heterocycles. The molecule has 7 atom stereocenters. The van der Waals surface area contributed by atoms with Gasteiger partial charge in [-0.3, -0.25) is 13.9 Å². The quantitative estimate of drug-likeness (QED) is 0.0488. The first-order chi connectivity index (χ1) is 27.7. The van der Waals surface area contributed by atoms with Crippen LogP contribution in [-0.4, -0.2) is 111 Å². The number of carbonyl (C=O) groups is 2. The van der Waals surface area contributed by atoms with Crippen molar-refractivity contribution in [2.45, 2.75) is 29.9 Å². The van der Waals surface area contributed by atoms with Crippen molar-refractivity contribution in [1.29, 1.82) is 0 Å². The van der Waals surface area contributed by atoms with Gasteiger partial charge in [0, 0.05) is 43.6 Å². The summed E-state index contributed by atoms with van der Waals surface area (Å²) in [6.07, 6.45) is -0.151. The molecule has 0 spiro atoms. The molecule has 6 rings (SSSR count). The number of esters is 1. The minimum atomic E-state index is -4.23. The van der Waals surface area contributed by atoms with E-state index in [1.54, 1.807) is 60.5 Å². The van der Waals surface area contributed by atoms with E-state index in [1.165, 1.54) is 27.5 Å². The van der Waals surface area contributed by atoms with Gasteiger partial charge in [-0.05, 0) is 66.6 Å². The molecule has 20 heteroatoms. The number of fused-ring (bicyclic) bond motifs is 3. The Labute approximate surface area is 335 Å². The number of ether oxygens (including phenoxy) is 8. The third-order valence-corrected chi connectivity index (χ3v) is 14.8. The van der Waals surface area contributed by atoms with Crippen molar-refractivity contribution in [2.24, 2.45) is 16.9 Å². The third-order valence-electron chi connectivity index (χ3n) is 10.5. The van der Waals surface area contributed by atoms with Gasteiger partial charge in [0.1, 0.15) is 11.9 Å². The number of rotatable bonds is 17. The first kappa shape index (κ1) is 42.8. The van der Waals surface area contributed by atoms with Crippen molar-refractivity contribution in [2.75, 3.05) is 68.1 Å². The number of methoxy groups -OCH3 is 3. The fourth-order valence-corrected chi connectivity index (χ4v) is 9.66. The molecule has 1 aliphatic carbocycles. The number of hydrazone groups is 1. The van der Waals surface area contributed by atoms with E-state index in [0.717, 1.165) is 6.66 Å². The van der Waals surface area contributed by atoms with Crippen LogP contribution in [-0.2, 0) is 23.4 Å². The molecule has 18 nitrogen and oxygen atoms in total. The van der Waals surface area contributed by atoms with Crippen molar-refractivity contribution in [3.05, 3.63) is 70.8 Å². The van der Waals surface area contributed by atoms with E-state index in [-0.39, 0.29) is 26.4 Å². The molecule has 2 aliphatic heterocycles. The number of hydrogen-bond acceptors (Lipinski definition) is 15. The highest BCUT2D eigenvalue weighted by Gasteiger charge is 2.54. The lowest BCUT2D eigenvalue weighted by Crippen LogP contribution is -2.37. The minimum absolute atomic E-state index is 0.00426. The second-order valence-corrected chi connectivity index (χ2v) is 18.5. The van der Waals surface area contributed by atoms with E-state index in [2.05, 4.69) is 10.5 Å². The molecule has 1 amide bonds. The Kier molecular flexibility index (Phi) is 13.3. The van der Waals surface area contributed by atoms with Crippen LogP contribution in [0.15, 0.2) is 53.6 Å². The maximum atomic E-state index is 13.5. The second-order valence-electron chi connectivity index (χ2n) is 14.1. The number of amides is 1.